The number of rotatable bonds is 7. The summed E-state index contributed by atoms with van der Waals surface area (Å²) in [5.74, 6) is -2.67. The van der Waals surface area contributed by atoms with E-state index >= 15 is 0 Å². The number of nitrogens with one attached hydrogen (secondary N) is 2. The van der Waals surface area contributed by atoms with Gasteiger partial charge in [-0.05, 0) is 73.5 Å². The first-order valence-electron chi connectivity index (χ1n) is 12.6. The lowest BCUT2D eigenvalue weighted by Crippen LogP contribution is -2.54. The Labute approximate surface area is 247 Å². The number of aromatic hydroxyl groups is 2. The van der Waals surface area contributed by atoms with Crippen molar-refractivity contribution in [1.82, 2.24) is 0 Å². The van der Waals surface area contributed by atoms with Crippen molar-refractivity contribution in [2.75, 3.05) is 10.0 Å². The van der Waals surface area contributed by atoms with Gasteiger partial charge in [0.2, 0.25) is 5.41 Å². The zero-order valence-electron chi connectivity index (χ0n) is 22.9. The topological polar surface area (TPSA) is 116 Å². The molecule has 0 aliphatic carbocycles. The van der Waals surface area contributed by atoms with Gasteiger partial charge < -0.3 is 15.5 Å². The number of halogens is 6. The molecule has 0 spiro atoms. The second kappa shape index (κ2) is 11.4. The van der Waals surface area contributed by atoms with Crippen LogP contribution in [0.5, 0.6) is 11.5 Å². The molecule has 0 atom stereocenters. The molecule has 232 valence electrons. The molecule has 7 nitrogen and oxygen atoms in total. The maximum Gasteiger partial charge on any atom is 0.411 e. The Balaban J connectivity index is 1.88. The Morgan fingerprint density at radius 2 is 1.20 bits per heavy atom. The lowest BCUT2D eigenvalue weighted by Gasteiger charge is -2.38. The van der Waals surface area contributed by atoms with Crippen LogP contribution in [-0.2, 0) is 15.4 Å². The molecular weight excluding hydrogens is 614 g/mol. The molecule has 4 aromatic rings. The van der Waals surface area contributed by atoms with Crippen LogP contribution in [0.3, 0.4) is 0 Å². The normalized spacial score (nSPS) is 12.5. The molecule has 4 aromatic carbocycles. The fraction of sp³-hybridized carbons (Fsp3) is 0.167. The van der Waals surface area contributed by atoms with Crippen LogP contribution in [-0.4, -0.2) is 36.9 Å². The van der Waals surface area contributed by atoms with Crippen molar-refractivity contribution in [2.45, 2.75) is 36.5 Å². The largest absolute Gasteiger partial charge is 0.506 e. The van der Waals surface area contributed by atoms with Gasteiger partial charge in [-0.3, -0.25) is 9.52 Å². The molecule has 4 N–H and O–H groups in total. The fourth-order valence-corrected chi connectivity index (χ4v) is 5.67. The van der Waals surface area contributed by atoms with E-state index in [-0.39, 0.29) is 16.5 Å². The van der Waals surface area contributed by atoms with Gasteiger partial charge >= 0.3 is 12.4 Å². The number of sulfonamides is 1. The molecule has 0 aliphatic heterocycles. The molecule has 0 bridgehead atoms. The molecule has 0 saturated heterocycles. The van der Waals surface area contributed by atoms with Crippen LogP contribution in [0.4, 0.5) is 37.7 Å². The summed E-state index contributed by atoms with van der Waals surface area (Å²) >= 11 is 0. The minimum atomic E-state index is -6.11. The maximum absolute atomic E-state index is 14.8. The summed E-state index contributed by atoms with van der Waals surface area (Å²) < 4.78 is 117. The summed E-state index contributed by atoms with van der Waals surface area (Å²) in [6, 6.07) is 13.5. The number of alkyl halides is 6. The third-order valence-corrected chi connectivity index (χ3v) is 8.20. The Kier molecular flexibility index (Phi) is 8.35. The summed E-state index contributed by atoms with van der Waals surface area (Å²) in [4.78, 5) is 12.4. The van der Waals surface area contributed by atoms with Crippen LogP contribution in [0, 0.1) is 13.8 Å². The number of aryl methyl sites for hydroxylation is 2. The van der Waals surface area contributed by atoms with Gasteiger partial charge in [-0.25, -0.2) is 8.42 Å². The molecule has 0 heterocycles. The number of hydrogen-bond donors (Lipinski definition) is 4. The van der Waals surface area contributed by atoms with E-state index in [1.165, 1.54) is 30.3 Å². The molecule has 0 radical (unpaired) electrons. The summed E-state index contributed by atoms with van der Waals surface area (Å²) in [5, 5.41) is 22.7. The maximum atomic E-state index is 14.8. The van der Waals surface area contributed by atoms with Gasteiger partial charge in [-0.2, -0.15) is 26.3 Å². The van der Waals surface area contributed by atoms with E-state index in [2.05, 4.69) is 5.32 Å². The Morgan fingerprint density at radius 1 is 0.682 bits per heavy atom. The van der Waals surface area contributed by atoms with E-state index in [1.807, 2.05) is 4.72 Å². The first-order chi connectivity index (χ1) is 20.4. The average molecular weight is 639 g/mol. The van der Waals surface area contributed by atoms with Crippen LogP contribution >= 0.6 is 0 Å². The van der Waals surface area contributed by atoms with Gasteiger partial charge in [-0.15, -0.1) is 0 Å². The van der Waals surface area contributed by atoms with Gasteiger partial charge in [0.25, 0.3) is 15.9 Å². The predicted octanol–water partition coefficient (Wildman–Crippen LogP) is 7.18. The third kappa shape index (κ3) is 6.02. The van der Waals surface area contributed by atoms with Crippen molar-refractivity contribution in [1.29, 1.82) is 0 Å². The highest BCUT2D eigenvalue weighted by Gasteiger charge is 2.72. The summed E-state index contributed by atoms with van der Waals surface area (Å²) in [6.45, 7) is 3.32. The highest BCUT2D eigenvalue weighted by Crippen LogP contribution is 2.57. The van der Waals surface area contributed by atoms with Gasteiger partial charge in [0.05, 0.1) is 16.3 Å². The standard InChI is InChI=1S/C30H24F6N2O5S/c1-17-6-10-22(11-7-17)44(42,43)38-24-16-21(9-13-26(24)40)28(29(31,32)33,30(34,35)36)20-8-12-25(39)23(15-20)37-27(41)19-5-3-4-18(2)14-19/h3-16,38-40H,1-2H3,(H,37,41). The zero-order chi connectivity index (χ0) is 32.7. The quantitative estimate of drug-likeness (QED) is 0.127. The van der Waals surface area contributed by atoms with E-state index in [9.17, 15) is 49.8 Å². The van der Waals surface area contributed by atoms with Crippen molar-refractivity contribution in [2.24, 2.45) is 0 Å². The van der Waals surface area contributed by atoms with Crippen molar-refractivity contribution in [3.05, 3.63) is 113 Å². The molecule has 0 unspecified atom stereocenters. The highest BCUT2D eigenvalue weighted by molar-refractivity contribution is 7.92. The Morgan fingerprint density at radius 3 is 1.73 bits per heavy atom. The van der Waals surface area contributed by atoms with E-state index in [4.69, 9.17) is 0 Å². The molecule has 0 aromatic heterocycles. The van der Waals surface area contributed by atoms with E-state index in [0.29, 0.717) is 41.5 Å². The van der Waals surface area contributed by atoms with Crippen molar-refractivity contribution in [3.8, 4) is 11.5 Å². The third-order valence-electron chi connectivity index (χ3n) is 6.81. The molecule has 0 aliphatic rings. The van der Waals surface area contributed by atoms with Gasteiger partial charge in [0.15, 0.2) is 0 Å². The number of carbonyl (C=O) groups excluding carboxylic acids is 1. The molecule has 0 fully saturated rings. The van der Waals surface area contributed by atoms with Crippen molar-refractivity contribution >= 4 is 27.3 Å². The van der Waals surface area contributed by atoms with E-state index < -0.39 is 67.7 Å². The van der Waals surface area contributed by atoms with Gasteiger partial charge in [0, 0.05) is 5.56 Å². The number of benzene rings is 4. The van der Waals surface area contributed by atoms with Crippen LogP contribution in [0.15, 0.2) is 89.8 Å². The van der Waals surface area contributed by atoms with Crippen molar-refractivity contribution in [3.63, 3.8) is 0 Å². The SMILES string of the molecule is Cc1ccc(S(=O)(=O)Nc2cc(C(c3ccc(O)c(NC(=O)c4cccc(C)c4)c3)(C(F)(F)F)C(F)(F)F)ccc2O)cc1. The first-order valence-corrected chi connectivity index (χ1v) is 14.1. The monoisotopic (exact) mass is 638 g/mol. The summed E-state index contributed by atoms with van der Waals surface area (Å²) in [5.41, 5.74) is -8.11. The average Bonchev–Trinajstić information content (AvgIpc) is 2.91. The number of phenolic OH excluding ortho intramolecular Hbond substituents is 2. The predicted molar refractivity (Wildman–Crippen MR) is 150 cm³/mol. The molecule has 44 heavy (non-hydrogen) atoms. The zero-order valence-corrected chi connectivity index (χ0v) is 23.7. The summed E-state index contributed by atoms with van der Waals surface area (Å²) in [7, 11) is -4.56. The van der Waals surface area contributed by atoms with Crippen LogP contribution in [0.25, 0.3) is 0 Å². The Bertz CT molecular complexity index is 1810. The molecule has 0 saturated carbocycles. The van der Waals surface area contributed by atoms with Gasteiger partial charge in [-0.1, -0.05) is 47.5 Å². The van der Waals surface area contributed by atoms with E-state index in [1.54, 1.807) is 19.9 Å². The number of amides is 1. The number of phenols is 2. The minimum Gasteiger partial charge on any atom is -0.506 e. The fourth-order valence-electron chi connectivity index (χ4n) is 4.60. The Hall–Kier alpha value is -4.72. The number of carbonyl (C=O) groups is 1. The van der Waals surface area contributed by atoms with Crippen LogP contribution in [0.2, 0.25) is 0 Å². The number of anilines is 2. The highest BCUT2D eigenvalue weighted by atomic mass is 32.2. The van der Waals surface area contributed by atoms with Crippen molar-refractivity contribution < 1.29 is 49.8 Å². The lowest BCUT2D eigenvalue weighted by molar-refractivity contribution is -0.288. The smallest absolute Gasteiger partial charge is 0.411 e. The molecule has 14 heteroatoms. The lowest BCUT2D eigenvalue weighted by atomic mass is 9.72. The minimum absolute atomic E-state index is 0.0248. The van der Waals surface area contributed by atoms with Crippen LogP contribution in [0.1, 0.15) is 32.6 Å². The second-order valence-electron chi connectivity index (χ2n) is 9.95. The first kappa shape index (κ1) is 32.2. The molecular formula is C30H24F6N2O5S. The number of hydrogen-bond acceptors (Lipinski definition) is 5. The molecule has 4 rings (SSSR count). The van der Waals surface area contributed by atoms with E-state index in [0.717, 1.165) is 12.1 Å². The van der Waals surface area contributed by atoms with Gasteiger partial charge in [0.1, 0.15) is 11.5 Å². The van der Waals surface area contributed by atoms with Crippen LogP contribution < -0.4 is 10.0 Å². The molecule has 1 amide bonds. The summed E-state index contributed by atoms with van der Waals surface area (Å²) in [6.07, 6.45) is -12.2. The second-order valence-corrected chi connectivity index (χ2v) is 11.6.